The standard InChI is InChI=1S/C22H22F2N6O/c1-13-17(14(2)29(4)27-13)12-28(3)22(31)16-11-25-30-19(20(23)24)10-18(26-21(16)30)15-8-6-5-7-9-15/h5-11,20H,12H2,1-4H3. The molecular weight excluding hydrogens is 402 g/mol. The number of carbonyl (C=O) groups is 1. The average molecular weight is 424 g/mol. The van der Waals surface area contributed by atoms with Gasteiger partial charge in [0.05, 0.1) is 17.6 Å². The summed E-state index contributed by atoms with van der Waals surface area (Å²) in [5.41, 5.74) is 3.74. The molecule has 0 fully saturated rings. The van der Waals surface area contributed by atoms with Crippen LogP contribution in [-0.2, 0) is 13.6 Å². The molecule has 0 aliphatic rings. The van der Waals surface area contributed by atoms with Crippen LogP contribution < -0.4 is 0 Å². The van der Waals surface area contributed by atoms with Crippen LogP contribution >= 0.6 is 0 Å². The van der Waals surface area contributed by atoms with Crippen molar-refractivity contribution in [2.24, 2.45) is 7.05 Å². The minimum atomic E-state index is -2.77. The predicted molar refractivity (Wildman–Crippen MR) is 112 cm³/mol. The first-order valence-electron chi connectivity index (χ1n) is 9.74. The van der Waals surface area contributed by atoms with Crippen LogP contribution in [0.15, 0.2) is 42.6 Å². The van der Waals surface area contributed by atoms with Gasteiger partial charge < -0.3 is 4.90 Å². The third-order valence-electron chi connectivity index (χ3n) is 5.42. The number of fused-ring (bicyclic) bond motifs is 1. The summed E-state index contributed by atoms with van der Waals surface area (Å²) in [4.78, 5) is 19.2. The number of carbonyl (C=O) groups excluding carboxylic acids is 1. The Labute approximate surface area is 177 Å². The third-order valence-corrected chi connectivity index (χ3v) is 5.42. The van der Waals surface area contributed by atoms with Gasteiger partial charge in [-0.3, -0.25) is 9.48 Å². The number of amides is 1. The van der Waals surface area contributed by atoms with Gasteiger partial charge in [-0.1, -0.05) is 30.3 Å². The molecule has 0 aliphatic carbocycles. The molecule has 0 atom stereocenters. The maximum atomic E-state index is 13.7. The molecule has 9 heteroatoms. The normalized spacial score (nSPS) is 11.5. The molecule has 7 nitrogen and oxygen atoms in total. The highest BCUT2D eigenvalue weighted by atomic mass is 19.3. The van der Waals surface area contributed by atoms with Crippen LogP contribution in [0.25, 0.3) is 16.9 Å². The second kappa shape index (κ2) is 7.90. The minimum absolute atomic E-state index is 0.105. The summed E-state index contributed by atoms with van der Waals surface area (Å²) in [6, 6.07) is 10.3. The van der Waals surface area contributed by atoms with Gasteiger partial charge >= 0.3 is 0 Å². The molecule has 31 heavy (non-hydrogen) atoms. The summed E-state index contributed by atoms with van der Waals surface area (Å²) in [5.74, 6) is -0.351. The van der Waals surface area contributed by atoms with Crippen LogP contribution in [0.2, 0.25) is 0 Å². The van der Waals surface area contributed by atoms with Crippen molar-refractivity contribution in [3.05, 3.63) is 70.8 Å². The maximum absolute atomic E-state index is 13.7. The van der Waals surface area contributed by atoms with Crippen molar-refractivity contribution in [1.82, 2.24) is 29.3 Å². The largest absolute Gasteiger partial charge is 0.337 e. The Morgan fingerprint density at radius 1 is 1.19 bits per heavy atom. The van der Waals surface area contributed by atoms with Gasteiger partial charge in [0.15, 0.2) is 5.65 Å². The van der Waals surface area contributed by atoms with Crippen molar-refractivity contribution in [3.8, 4) is 11.3 Å². The minimum Gasteiger partial charge on any atom is -0.337 e. The highest BCUT2D eigenvalue weighted by Gasteiger charge is 2.24. The van der Waals surface area contributed by atoms with Gasteiger partial charge in [-0.05, 0) is 19.9 Å². The van der Waals surface area contributed by atoms with Crippen LogP contribution in [0.4, 0.5) is 8.78 Å². The zero-order valence-electron chi connectivity index (χ0n) is 17.7. The summed E-state index contributed by atoms with van der Waals surface area (Å²) in [7, 11) is 3.51. The third kappa shape index (κ3) is 3.67. The molecule has 1 aromatic carbocycles. The molecule has 0 N–H and O–H groups in total. The SMILES string of the molecule is Cc1nn(C)c(C)c1CN(C)C(=O)c1cnn2c(C(F)F)cc(-c3ccccc3)nc12. The molecule has 0 saturated heterocycles. The van der Waals surface area contributed by atoms with E-state index in [1.54, 1.807) is 36.0 Å². The number of hydrogen-bond acceptors (Lipinski definition) is 4. The van der Waals surface area contributed by atoms with Gasteiger partial charge in [0.1, 0.15) is 11.3 Å². The van der Waals surface area contributed by atoms with Crippen LogP contribution in [0.1, 0.15) is 39.4 Å². The molecule has 3 heterocycles. The fraction of sp³-hybridized carbons (Fsp3) is 0.273. The Balaban J connectivity index is 1.76. The van der Waals surface area contributed by atoms with E-state index in [1.165, 1.54) is 17.2 Å². The lowest BCUT2D eigenvalue weighted by Gasteiger charge is -2.17. The van der Waals surface area contributed by atoms with Crippen molar-refractivity contribution in [1.29, 1.82) is 0 Å². The van der Waals surface area contributed by atoms with E-state index in [4.69, 9.17) is 0 Å². The monoisotopic (exact) mass is 424 g/mol. The van der Waals surface area contributed by atoms with E-state index in [9.17, 15) is 13.6 Å². The van der Waals surface area contributed by atoms with E-state index in [-0.39, 0.29) is 22.8 Å². The highest BCUT2D eigenvalue weighted by molar-refractivity contribution is 5.99. The summed E-state index contributed by atoms with van der Waals surface area (Å²) < 4.78 is 30.3. The summed E-state index contributed by atoms with van der Waals surface area (Å²) >= 11 is 0. The van der Waals surface area contributed by atoms with Gasteiger partial charge in [-0.2, -0.15) is 10.2 Å². The zero-order chi connectivity index (χ0) is 22.3. The number of benzene rings is 1. The van der Waals surface area contributed by atoms with E-state index in [1.807, 2.05) is 27.0 Å². The number of hydrogen-bond donors (Lipinski definition) is 0. The van der Waals surface area contributed by atoms with E-state index < -0.39 is 6.43 Å². The van der Waals surface area contributed by atoms with Gasteiger partial charge in [-0.25, -0.2) is 18.3 Å². The Hall–Kier alpha value is -3.62. The molecule has 1 amide bonds. The molecular formula is C22H22F2N6O. The first kappa shape index (κ1) is 20.6. The number of halogens is 2. The van der Waals surface area contributed by atoms with E-state index in [0.29, 0.717) is 17.8 Å². The van der Waals surface area contributed by atoms with Crippen molar-refractivity contribution in [3.63, 3.8) is 0 Å². The molecule has 160 valence electrons. The maximum Gasteiger partial charge on any atom is 0.280 e. The smallest absolute Gasteiger partial charge is 0.280 e. The van der Waals surface area contributed by atoms with Crippen molar-refractivity contribution < 1.29 is 13.6 Å². The highest BCUT2D eigenvalue weighted by Crippen LogP contribution is 2.27. The first-order chi connectivity index (χ1) is 14.8. The molecule has 0 aliphatic heterocycles. The number of nitrogens with zero attached hydrogens (tertiary/aromatic N) is 6. The molecule has 0 unspecified atom stereocenters. The quantitative estimate of drug-likeness (QED) is 0.486. The first-order valence-corrected chi connectivity index (χ1v) is 9.74. The fourth-order valence-electron chi connectivity index (χ4n) is 3.61. The second-order valence-corrected chi connectivity index (χ2v) is 7.46. The summed E-state index contributed by atoms with van der Waals surface area (Å²) in [6.07, 6.45) is -1.47. The average Bonchev–Trinajstić information content (AvgIpc) is 3.29. The van der Waals surface area contributed by atoms with E-state index >= 15 is 0 Å². The Morgan fingerprint density at radius 2 is 1.90 bits per heavy atom. The van der Waals surface area contributed by atoms with Gasteiger partial charge in [-0.15, -0.1) is 0 Å². The zero-order valence-corrected chi connectivity index (χ0v) is 17.7. The molecule has 0 spiro atoms. The molecule has 0 bridgehead atoms. The van der Waals surface area contributed by atoms with Crippen LogP contribution in [-0.4, -0.2) is 42.2 Å². The Kier molecular flexibility index (Phi) is 5.26. The van der Waals surface area contributed by atoms with Crippen LogP contribution in [0.3, 0.4) is 0 Å². The number of aromatic nitrogens is 5. The number of aryl methyl sites for hydroxylation is 2. The van der Waals surface area contributed by atoms with Crippen LogP contribution in [0, 0.1) is 13.8 Å². The lowest BCUT2D eigenvalue weighted by atomic mass is 10.1. The fourth-order valence-corrected chi connectivity index (χ4v) is 3.61. The molecule has 3 aromatic heterocycles. The molecule has 4 aromatic rings. The Morgan fingerprint density at radius 3 is 2.52 bits per heavy atom. The molecule has 0 radical (unpaired) electrons. The van der Waals surface area contributed by atoms with Gasteiger partial charge in [0, 0.05) is 37.5 Å². The Bertz CT molecular complexity index is 1260. The second-order valence-electron chi connectivity index (χ2n) is 7.46. The number of rotatable bonds is 5. The van der Waals surface area contributed by atoms with Gasteiger partial charge in [0.2, 0.25) is 0 Å². The van der Waals surface area contributed by atoms with E-state index in [0.717, 1.165) is 21.5 Å². The topological polar surface area (TPSA) is 68.3 Å². The van der Waals surface area contributed by atoms with Crippen molar-refractivity contribution in [2.75, 3.05) is 7.05 Å². The van der Waals surface area contributed by atoms with Crippen molar-refractivity contribution in [2.45, 2.75) is 26.8 Å². The summed E-state index contributed by atoms with van der Waals surface area (Å²) in [6.45, 7) is 4.16. The van der Waals surface area contributed by atoms with E-state index in [2.05, 4.69) is 15.2 Å². The van der Waals surface area contributed by atoms with Crippen molar-refractivity contribution >= 4 is 11.6 Å². The molecule has 4 rings (SSSR count). The van der Waals surface area contributed by atoms with Crippen LogP contribution in [0.5, 0.6) is 0 Å². The summed E-state index contributed by atoms with van der Waals surface area (Å²) in [5, 5.41) is 8.41. The number of alkyl halides is 2. The molecule has 0 saturated carbocycles. The lowest BCUT2D eigenvalue weighted by molar-refractivity contribution is 0.0786. The lowest BCUT2D eigenvalue weighted by Crippen LogP contribution is -2.26. The predicted octanol–water partition coefficient (Wildman–Crippen LogP) is 3.96. The van der Waals surface area contributed by atoms with Gasteiger partial charge in [0.25, 0.3) is 12.3 Å².